The number of hydrogen-bond acceptors (Lipinski definition) is 7. The molecule has 2 aliphatic heterocycles. The van der Waals surface area contributed by atoms with Gasteiger partial charge in [-0.15, -0.1) is 0 Å². The van der Waals surface area contributed by atoms with Crippen molar-refractivity contribution in [1.82, 2.24) is 15.3 Å². The van der Waals surface area contributed by atoms with Crippen LogP contribution >= 0.6 is 0 Å². The lowest BCUT2D eigenvalue weighted by Crippen LogP contribution is -2.34. The zero-order valence-corrected chi connectivity index (χ0v) is 21.6. The molecule has 8 nitrogen and oxygen atoms in total. The van der Waals surface area contributed by atoms with Crippen LogP contribution in [0, 0.1) is 18.3 Å². The van der Waals surface area contributed by atoms with Crippen molar-refractivity contribution in [3.8, 4) is 17.0 Å². The molecule has 8 heteroatoms. The van der Waals surface area contributed by atoms with Gasteiger partial charge in [-0.25, -0.2) is 9.97 Å². The van der Waals surface area contributed by atoms with E-state index in [4.69, 9.17) is 15.2 Å². The number of nitrogen functional groups attached to an aromatic ring is 1. The predicted molar refractivity (Wildman–Crippen MR) is 136 cm³/mol. The van der Waals surface area contributed by atoms with Crippen LogP contribution in [0.25, 0.3) is 11.3 Å². The van der Waals surface area contributed by atoms with Crippen LogP contribution in [0.4, 0.5) is 5.95 Å². The number of methoxy groups -OCH3 is 1. The summed E-state index contributed by atoms with van der Waals surface area (Å²) in [4.78, 5) is 35.6. The molecule has 0 bridgehead atoms. The van der Waals surface area contributed by atoms with Gasteiger partial charge in [0.2, 0.25) is 5.95 Å². The summed E-state index contributed by atoms with van der Waals surface area (Å²) in [5, 5.41) is 3.10. The van der Waals surface area contributed by atoms with Crippen LogP contribution < -0.4 is 15.8 Å². The molecular formula is C28H32N4O4. The van der Waals surface area contributed by atoms with Crippen molar-refractivity contribution in [2.75, 3.05) is 12.8 Å². The maximum Gasteiger partial charge on any atom is 0.252 e. The molecule has 3 N–H and O–H groups in total. The number of nitrogens with two attached hydrogens (primary N) is 1. The summed E-state index contributed by atoms with van der Waals surface area (Å²) in [6, 6.07) is 5.30. The first-order valence-corrected chi connectivity index (χ1v) is 12.3. The Balaban J connectivity index is 1.80. The highest BCUT2D eigenvalue weighted by Crippen LogP contribution is 2.53. The third-order valence-corrected chi connectivity index (χ3v) is 7.37. The Bertz CT molecular complexity index is 1350. The second-order valence-corrected chi connectivity index (χ2v) is 10.9. The molecule has 3 heterocycles. The fourth-order valence-corrected chi connectivity index (χ4v) is 5.72. The summed E-state index contributed by atoms with van der Waals surface area (Å²) >= 11 is 0. The standard InChI is InChI=1S/C28H32N4O4/c1-13(2)24-25-23(26(34)32-24)22(21-17(33)11-28(4,5)12-19(21)36-25)20-14(3)15(7-8-18(20)35-6)16-9-10-30-27(29)31-16/h7-10,13,22,24H,11-12H2,1-6H3,(H,32,34)(H2,29,30,31)/t22-,24+/m0/s1. The summed E-state index contributed by atoms with van der Waals surface area (Å²) in [6.45, 7) is 10.2. The van der Waals surface area contributed by atoms with Crippen LogP contribution in [0.5, 0.6) is 5.75 Å². The monoisotopic (exact) mass is 488 g/mol. The first-order valence-electron chi connectivity index (χ1n) is 12.3. The minimum atomic E-state index is -0.606. The van der Waals surface area contributed by atoms with Crippen molar-refractivity contribution in [3.63, 3.8) is 0 Å². The minimum absolute atomic E-state index is 0.00302. The number of aromatic nitrogens is 2. The van der Waals surface area contributed by atoms with Crippen molar-refractivity contribution < 1.29 is 19.1 Å². The predicted octanol–water partition coefficient (Wildman–Crippen LogP) is 4.21. The molecule has 2 aromatic rings. The summed E-state index contributed by atoms with van der Waals surface area (Å²) in [5.41, 5.74) is 9.79. The number of nitrogens with zero attached hydrogens (tertiary/aromatic N) is 2. The molecular weight excluding hydrogens is 456 g/mol. The van der Waals surface area contributed by atoms with Crippen LogP contribution in [-0.4, -0.2) is 34.8 Å². The lowest BCUT2D eigenvalue weighted by Gasteiger charge is -2.39. The summed E-state index contributed by atoms with van der Waals surface area (Å²) in [7, 11) is 1.60. The van der Waals surface area contributed by atoms with E-state index < -0.39 is 5.92 Å². The molecule has 0 saturated heterocycles. The van der Waals surface area contributed by atoms with E-state index in [1.54, 1.807) is 19.4 Å². The Kier molecular flexibility index (Phi) is 5.65. The number of Topliss-reactive ketones (excluding diaryl/α,β-unsaturated/α-hetero) is 1. The molecule has 0 saturated carbocycles. The number of carbonyl (C=O) groups excluding carboxylic acids is 2. The maximum atomic E-state index is 13.7. The molecule has 2 atom stereocenters. The number of rotatable bonds is 4. The van der Waals surface area contributed by atoms with Crippen molar-refractivity contribution in [3.05, 3.63) is 58.2 Å². The number of allylic oxidation sites excluding steroid dienone is 2. The lowest BCUT2D eigenvalue weighted by atomic mass is 9.69. The average molecular weight is 489 g/mol. The lowest BCUT2D eigenvalue weighted by molar-refractivity contribution is -0.119. The van der Waals surface area contributed by atoms with E-state index >= 15 is 0 Å². The molecule has 0 radical (unpaired) electrons. The van der Waals surface area contributed by atoms with Crippen LogP contribution in [0.1, 0.15) is 57.6 Å². The largest absolute Gasteiger partial charge is 0.496 e. The van der Waals surface area contributed by atoms with Gasteiger partial charge in [-0.1, -0.05) is 27.7 Å². The number of amides is 1. The fraction of sp³-hybridized carbons (Fsp3) is 0.429. The van der Waals surface area contributed by atoms with Gasteiger partial charge < -0.3 is 20.5 Å². The van der Waals surface area contributed by atoms with Crippen molar-refractivity contribution >= 4 is 17.6 Å². The van der Waals surface area contributed by atoms with Gasteiger partial charge in [-0.05, 0) is 42.0 Å². The Morgan fingerprint density at radius 1 is 1.17 bits per heavy atom. The van der Waals surface area contributed by atoms with Gasteiger partial charge in [0.05, 0.1) is 30.3 Å². The van der Waals surface area contributed by atoms with Gasteiger partial charge in [-0.3, -0.25) is 9.59 Å². The summed E-state index contributed by atoms with van der Waals surface area (Å²) in [6.07, 6.45) is 2.61. The van der Waals surface area contributed by atoms with Gasteiger partial charge in [-0.2, -0.15) is 0 Å². The molecule has 0 fully saturated rings. The van der Waals surface area contributed by atoms with Gasteiger partial charge >= 0.3 is 0 Å². The van der Waals surface area contributed by atoms with E-state index in [2.05, 4.69) is 29.1 Å². The van der Waals surface area contributed by atoms with E-state index in [0.29, 0.717) is 46.9 Å². The number of carbonyl (C=O) groups is 2. The van der Waals surface area contributed by atoms with E-state index in [1.165, 1.54) is 0 Å². The molecule has 3 aliphatic rings. The first-order chi connectivity index (χ1) is 17.0. The van der Waals surface area contributed by atoms with Crippen molar-refractivity contribution in [1.29, 1.82) is 0 Å². The third kappa shape index (κ3) is 3.75. The van der Waals surface area contributed by atoms with Gasteiger partial charge in [0.25, 0.3) is 5.91 Å². The topological polar surface area (TPSA) is 116 Å². The average Bonchev–Trinajstić information content (AvgIpc) is 3.13. The normalized spacial score (nSPS) is 22.9. The molecule has 188 valence electrons. The second-order valence-electron chi connectivity index (χ2n) is 10.9. The van der Waals surface area contributed by atoms with Crippen molar-refractivity contribution in [2.45, 2.75) is 59.4 Å². The number of ether oxygens (including phenoxy) is 2. The molecule has 1 aromatic carbocycles. The molecule has 0 spiro atoms. The molecule has 1 amide bonds. The Hall–Kier alpha value is -3.68. The highest BCUT2D eigenvalue weighted by atomic mass is 16.5. The Morgan fingerprint density at radius 3 is 2.58 bits per heavy atom. The highest BCUT2D eigenvalue weighted by molar-refractivity contribution is 6.07. The number of hydrogen-bond donors (Lipinski definition) is 2. The molecule has 1 aromatic heterocycles. The Morgan fingerprint density at radius 2 is 1.92 bits per heavy atom. The van der Waals surface area contributed by atoms with Crippen molar-refractivity contribution in [2.24, 2.45) is 11.3 Å². The number of ketones is 1. The number of nitrogens with one attached hydrogen (secondary N) is 1. The highest BCUT2D eigenvalue weighted by Gasteiger charge is 2.50. The van der Waals surface area contributed by atoms with E-state index in [-0.39, 0.29) is 35.0 Å². The molecule has 0 unspecified atom stereocenters. The van der Waals surface area contributed by atoms with Crippen LogP contribution in [0.15, 0.2) is 47.1 Å². The number of anilines is 1. The van der Waals surface area contributed by atoms with E-state index in [9.17, 15) is 9.59 Å². The van der Waals surface area contributed by atoms with Gasteiger partial charge in [0.1, 0.15) is 17.3 Å². The first kappa shape index (κ1) is 24.0. The van der Waals surface area contributed by atoms with E-state index in [1.807, 2.05) is 32.9 Å². The Labute approximate surface area is 211 Å². The van der Waals surface area contributed by atoms with Crippen LogP contribution in [0.2, 0.25) is 0 Å². The van der Waals surface area contributed by atoms with E-state index in [0.717, 1.165) is 16.7 Å². The molecule has 1 aliphatic carbocycles. The molecule has 5 rings (SSSR count). The van der Waals surface area contributed by atoms with Gasteiger partial charge in [0, 0.05) is 35.7 Å². The van der Waals surface area contributed by atoms with Crippen LogP contribution in [-0.2, 0) is 14.3 Å². The summed E-state index contributed by atoms with van der Waals surface area (Å²) < 4.78 is 12.3. The molecule has 36 heavy (non-hydrogen) atoms. The minimum Gasteiger partial charge on any atom is -0.496 e. The number of benzene rings is 1. The fourth-order valence-electron chi connectivity index (χ4n) is 5.72. The smallest absolute Gasteiger partial charge is 0.252 e. The van der Waals surface area contributed by atoms with Gasteiger partial charge in [0.15, 0.2) is 5.78 Å². The third-order valence-electron chi connectivity index (χ3n) is 7.37. The summed E-state index contributed by atoms with van der Waals surface area (Å²) in [5.74, 6) is 1.34. The zero-order valence-electron chi connectivity index (χ0n) is 21.6. The maximum absolute atomic E-state index is 13.7. The van der Waals surface area contributed by atoms with Crippen LogP contribution in [0.3, 0.4) is 0 Å². The SMILES string of the molecule is COc1ccc(-c2ccnc(N)n2)c(C)c1[C@H]1C2=C(CC(C)(C)CC2=O)OC2=C1C(=O)N[C@@H]2C(C)C. The zero-order chi connectivity index (χ0) is 25.9. The second kappa shape index (κ2) is 8.47. The quantitative estimate of drug-likeness (QED) is 0.662.